The van der Waals surface area contributed by atoms with Crippen LogP contribution in [0.5, 0.6) is 0 Å². The first-order valence-corrected chi connectivity index (χ1v) is 14.8. The highest BCUT2D eigenvalue weighted by molar-refractivity contribution is 8.01. The van der Waals surface area contributed by atoms with Gasteiger partial charge in [0, 0.05) is 16.9 Å². The molecule has 190 valence electrons. The topological polar surface area (TPSA) is 173 Å². The van der Waals surface area contributed by atoms with Crippen LogP contribution in [0.25, 0.3) is 0 Å². The lowest BCUT2D eigenvalue weighted by Gasteiger charge is -2.49. The Bertz CT molecular complexity index is 1220. The van der Waals surface area contributed by atoms with E-state index in [1.807, 2.05) is 0 Å². The molecule has 1 saturated heterocycles. The van der Waals surface area contributed by atoms with Crippen molar-refractivity contribution in [2.45, 2.75) is 47.5 Å². The largest absolute Gasteiger partial charge is 0.477 e. The van der Waals surface area contributed by atoms with E-state index in [1.165, 1.54) is 39.8 Å². The van der Waals surface area contributed by atoms with Crippen LogP contribution in [-0.2, 0) is 19.2 Å². The predicted molar refractivity (Wildman–Crippen MR) is 137 cm³/mol. The number of oxime groups is 1. The Labute approximate surface area is 221 Å². The molecule has 0 aromatic carbocycles. The molecule has 16 heteroatoms. The molecule has 2 aromatic rings. The fourth-order valence-electron chi connectivity index (χ4n) is 4.10. The quantitative estimate of drug-likeness (QED) is 0.174. The average molecular weight is 568 g/mol. The molecule has 1 saturated carbocycles. The molecule has 2 atom stereocenters. The van der Waals surface area contributed by atoms with Crippen LogP contribution < -0.4 is 11.1 Å². The van der Waals surface area contributed by atoms with Gasteiger partial charge in [0.15, 0.2) is 15.2 Å². The van der Waals surface area contributed by atoms with Crippen LogP contribution in [0, 0.1) is 0 Å². The average Bonchev–Trinajstić information content (AvgIpc) is 3.64. The standard InChI is InChI=1S/C20H21N7O5S4/c21-19-23-11(7-34-19)12(26-32-10-3-1-2-4-10)15(28)24-13-16(29)27-14(18(30)31)9(5-33-17(13)27)6-35-20-25-22-8-36-20/h7-8,10,13,17H,1-6H2,(H2,21,23)(H,24,28)(H,30,31)/t13?,17-/m1/s1. The van der Waals surface area contributed by atoms with Crippen molar-refractivity contribution in [3.05, 3.63) is 27.9 Å². The van der Waals surface area contributed by atoms with Gasteiger partial charge in [-0.15, -0.1) is 33.3 Å². The second kappa shape index (κ2) is 10.7. The lowest BCUT2D eigenvalue weighted by atomic mass is 10.0. The molecule has 36 heavy (non-hydrogen) atoms. The zero-order valence-electron chi connectivity index (χ0n) is 18.7. The van der Waals surface area contributed by atoms with Gasteiger partial charge < -0.3 is 21.0 Å². The Morgan fingerprint density at radius 3 is 2.81 bits per heavy atom. The Morgan fingerprint density at radius 1 is 1.33 bits per heavy atom. The number of β-lactam (4-membered cyclic amide) rings is 1. The van der Waals surface area contributed by atoms with Gasteiger partial charge in [0.2, 0.25) is 0 Å². The maximum atomic E-state index is 13.2. The summed E-state index contributed by atoms with van der Waals surface area (Å²) in [5.41, 5.74) is 8.11. The number of carboxylic acid groups (broad SMARTS) is 1. The maximum absolute atomic E-state index is 13.2. The van der Waals surface area contributed by atoms with Gasteiger partial charge in [-0.25, -0.2) is 9.78 Å². The van der Waals surface area contributed by atoms with Crippen molar-refractivity contribution < 1.29 is 24.3 Å². The van der Waals surface area contributed by atoms with Gasteiger partial charge in [-0.1, -0.05) is 28.3 Å². The van der Waals surface area contributed by atoms with Crippen LogP contribution in [0.15, 0.2) is 31.7 Å². The number of nitrogen functional groups attached to an aromatic ring is 1. The number of aromatic nitrogens is 3. The number of hydrogen-bond acceptors (Lipinski definition) is 13. The summed E-state index contributed by atoms with van der Waals surface area (Å²) in [6.07, 6.45) is 3.72. The first kappa shape index (κ1) is 25.0. The summed E-state index contributed by atoms with van der Waals surface area (Å²) in [6.45, 7) is 0. The van der Waals surface area contributed by atoms with Crippen molar-refractivity contribution in [2.24, 2.45) is 5.16 Å². The van der Waals surface area contributed by atoms with Crippen LogP contribution in [0.1, 0.15) is 31.4 Å². The molecule has 2 amide bonds. The summed E-state index contributed by atoms with van der Waals surface area (Å²) >= 11 is 5.29. The van der Waals surface area contributed by atoms with Crippen molar-refractivity contribution in [2.75, 3.05) is 17.2 Å². The number of nitrogens with one attached hydrogen (secondary N) is 1. The summed E-state index contributed by atoms with van der Waals surface area (Å²) in [5.74, 6) is -1.53. The summed E-state index contributed by atoms with van der Waals surface area (Å²) in [4.78, 5) is 49.2. The van der Waals surface area contributed by atoms with E-state index in [-0.39, 0.29) is 28.3 Å². The third kappa shape index (κ3) is 5.07. The number of thiazole rings is 1. The van der Waals surface area contributed by atoms with Crippen molar-refractivity contribution in [1.29, 1.82) is 0 Å². The van der Waals surface area contributed by atoms with E-state index in [4.69, 9.17) is 10.6 Å². The third-order valence-electron chi connectivity index (χ3n) is 5.82. The van der Waals surface area contributed by atoms with Crippen LogP contribution in [0.2, 0.25) is 0 Å². The molecule has 2 aromatic heterocycles. The van der Waals surface area contributed by atoms with Gasteiger partial charge in [-0.3, -0.25) is 14.5 Å². The van der Waals surface area contributed by atoms with Gasteiger partial charge in [0.05, 0.1) is 0 Å². The van der Waals surface area contributed by atoms with E-state index in [1.54, 1.807) is 10.9 Å². The first-order valence-electron chi connectivity index (χ1n) is 11.0. The molecule has 0 bridgehead atoms. The Balaban J connectivity index is 1.30. The smallest absolute Gasteiger partial charge is 0.352 e. The number of nitrogens with two attached hydrogens (primary N) is 1. The minimum Gasteiger partial charge on any atom is -0.477 e. The highest BCUT2D eigenvalue weighted by Gasteiger charge is 2.54. The number of nitrogens with zero attached hydrogens (tertiary/aromatic N) is 5. The van der Waals surface area contributed by atoms with E-state index in [9.17, 15) is 19.5 Å². The second-order valence-corrected chi connectivity index (χ2v) is 12.2. The lowest BCUT2D eigenvalue weighted by Crippen LogP contribution is -2.71. The molecule has 1 aliphatic carbocycles. The predicted octanol–water partition coefficient (Wildman–Crippen LogP) is 1.77. The molecular formula is C20H21N7O5S4. The summed E-state index contributed by atoms with van der Waals surface area (Å²) in [6, 6.07) is -0.901. The number of thioether (sulfide) groups is 2. The maximum Gasteiger partial charge on any atom is 0.352 e. The first-order chi connectivity index (χ1) is 17.4. The van der Waals surface area contributed by atoms with Gasteiger partial charge in [-0.2, -0.15) is 0 Å². The molecule has 4 heterocycles. The fraction of sp³-hybridized carbons (Fsp3) is 0.450. The number of hydrogen-bond donors (Lipinski definition) is 3. The van der Waals surface area contributed by atoms with Gasteiger partial charge >= 0.3 is 5.97 Å². The van der Waals surface area contributed by atoms with E-state index >= 15 is 0 Å². The molecular weight excluding hydrogens is 547 g/mol. The number of amides is 2. The highest BCUT2D eigenvalue weighted by atomic mass is 32.2. The molecule has 5 rings (SSSR count). The minimum atomic E-state index is -1.18. The van der Waals surface area contributed by atoms with Crippen molar-refractivity contribution in [3.63, 3.8) is 0 Å². The van der Waals surface area contributed by atoms with Gasteiger partial charge in [-0.05, 0) is 31.3 Å². The molecule has 0 spiro atoms. The van der Waals surface area contributed by atoms with E-state index < -0.39 is 29.2 Å². The summed E-state index contributed by atoms with van der Waals surface area (Å²) < 4.78 is 0.716. The summed E-state index contributed by atoms with van der Waals surface area (Å²) in [7, 11) is 0. The van der Waals surface area contributed by atoms with Gasteiger partial charge in [0.1, 0.15) is 34.4 Å². The van der Waals surface area contributed by atoms with Crippen molar-refractivity contribution in [1.82, 2.24) is 25.4 Å². The molecule has 2 aliphatic heterocycles. The van der Waals surface area contributed by atoms with E-state index in [0.717, 1.165) is 37.0 Å². The SMILES string of the molecule is Nc1nc(C(=NOC2CCCC2)C(=O)NC2C(=O)N3C(C(=O)O)=C(CSc4nncs4)CS[C@H]23)cs1. The highest BCUT2D eigenvalue weighted by Crippen LogP contribution is 2.41. The van der Waals surface area contributed by atoms with Crippen molar-refractivity contribution in [3.8, 4) is 0 Å². The van der Waals surface area contributed by atoms with Crippen LogP contribution in [0.3, 0.4) is 0 Å². The number of carbonyl (C=O) groups is 3. The third-order valence-corrected chi connectivity index (χ3v) is 9.78. The zero-order valence-corrected chi connectivity index (χ0v) is 21.9. The molecule has 2 fully saturated rings. The Morgan fingerprint density at radius 2 is 2.14 bits per heavy atom. The zero-order chi connectivity index (χ0) is 25.2. The minimum absolute atomic E-state index is 0.0444. The second-order valence-electron chi connectivity index (χ2n) is 8.13. The number of carboxylic acids is 1. The normalized spacial score (nSPS) is 22.4. The fourth-order valence-corrected chi connectivity index (χ4v) is 7.62. The molecule has 3 aliphatic rings. The lowest BCUT2D eigenvalue weighted by molar-refractivity contribution is -0.150. The number of carbonyl (C=O) groups excluding carboxylic acids is 2. The number of rotatable bonds is 9. The number of anilines is 1. The Hall–Kier alpha value is -2.69. The number of fused-ring (bicyclic) bond motifs is 1. The molecule has 4 N–H and O–H groups in total. The van der Waals surface area contributed by atoms with E-state index in [0.29, 0.717) is 21.4 Å². The van der Waals surface area contributed by atoms with Crippen molar-refractivity contribution >= 4 is 74.8 Å². The number of aliphatic carboxylic acids is 1. The monoisotopic (exact) mass is 567 g/mol. The van der Waals surface area contributed by atoms with Crippen LogP contribution in [-0.4, -0.2) is 77.7 Å². The molecule has 12 nitrogen and oxygen atoms in total. The molecule has 0 radical (unpaired) electrons. The summed E-state index contributed by atoms with van der Waals surface area (Å²) in [5, 5.41) is 25.7. The van der Waals surface area contributed by atoms with Crippen LogP contribution >= 0.6 is 46.2 Å². The Kier molecular flexibility index (Phi) is 7.45. The van der Waals surface area contributed by atoms with Gasteiger partial charge in [0.25, 0.3) is 11.8 Å². The van der Waals surface area contributed by atoms with E-state index in [2.05, 4.69) is 25.7 Å². The molecule has 1 unspecified atom stereocenters. The van der Waals surface area contributed by atoms with Crippen LogP contribution in [0.4, 0.5) is 5.13 Å².